The molecule has 0 spiro atoms. The van der Waals surface area contributed by atoms with E-state index >= 15 is 0 Å². The highest BCUT2D eigenvalue weighted by atomic mass is 79.9. The first-order chi connectivity index (χ1) is 7.65. The molecule has 2 nitrogen and oxygen atoms in total. The summed E-state index contributed by atoms with van der Waals surface area (Å²) in [4.78, 5) is 4.33. The first-order valence-electron chi connectivity index (χ1n) is 4.88. The zero-order chi connectivity index (χ0) is 11.3. The molecule has 0 bridgehead atoms. The molecule has 0 unspecified atom stereocenters. The standard InChI is InChI=1S/C12H8BrFN2/c1-7-4-12-15-11(13)6-16(12)10-3-2-8(14)5-9(7)10/h2-6H,1H3. The van der Waals surface area contributed by atoms with E-state index in [9.17, 15) is 4.39 Å². The van der Waals surface area contributed by atoms with Crippen LogP contribution >= 0.6 is 15.9 Å². The Labute approximate surface area is 99.8 Å². The molecule has 0 aliphatic heterocycles. The van der Waals surface area contributed by atoms with Crippen LogP contribution in [-0.2, 0) is 0 Å². The lowest BCUT2D eigenvalue weighted by molar-refractivity contribution is 0.629. The van der Waals surface area contributed by atoms with Crippen molar-refractivity contribution in [3.8, 4) is 0 Å². The highest BCUT2D eigenvalue weighted by Gasteiger charge is 2.06. The Balaban J connectivity index is 2.58. The van der Waals surface area contributed by atoms with Crippen molar-refractivity contribution in [3.63, 3.8) is 0 Å². The van der Waals surface area contributed by atoms with Gasteiger partial charge in [-0.3, -0.25) is 4.40 Å². The third-order valence-corrected chi connectivity index (χ3v) is 3.07. The van der Waals surface area contributed by atoms with Gasteiger partial charge in [0.2, 0.25) is 0 Å². The van der Waals surface area contributed by atoms with E-state index in [1.807, 2.05) is 23.6 Å². The van der Waals surface area contributed by atoms with Gasteiger partial charge in [-0.15, -0.1) is 0 Å². The average molecular weight is 279 g/mol. The fourth-order valence-corrected chi connectivity index (χ4v) is 2.35. The fraction of sp³-hybridized carbons (Fsp3) is 0.0833. The molecule has 2 heterocycles. The van der Waals surface area contributed by atoms with E-state index in [1.165, 1.54) is 6.07 Å². The van der Waals surface area contributed by atoms with Gasteiger partial charge in [-0.05, 0) is 52.7 Å². The molecule has 0 fully saturated rings. The van der Waals surface area contributed by atoms with Crippen molar-refractivity contribution in [2.24, 2.45) is 0 Å². The minimum atomic E-state index is -0.214. The first kappa shape index (κ1) is 9.78. The summed E-state index contributed by atoms with van der Waals surface area (Å²) < 4.78 is 15.9. The normalized spacial score (nSPS) is 11.4. The molecular formula is C12H8BrFN2. The van der Waals surface area contributed by atoms with Gasteiger partial charge in [0.25, 0.3) is 0 Å². The number of nitrogens with zero attached hydrogens (tertiary/aromatic N) is 2. The molecule has 3 rings (SSSR count). The van der Waals surface area contributed by atoms with Crippen molar-refractivity contribution in [1.29, 1.82) is 0 Å². The number of hydrogen-bond donors (Lipinski definition) is 0. The van der Waals surface area contributed by atoms with Gasteiger partial charge in [-0.1, -0.05) is 0 Å². The molecule has 0 saturated heterocycles. The maximum Gasteiger partial charge on any atom is 0.138 e. The molecule has 0 radical (unpaired) electrons. The van der Waals surface area contributed by atoms with Crippen molar-refractivity contribution in [2.45, 2.75) is 6.92 Å². The van der Waals surface area contributed by atoms with Crippen LogP contribution in [0.15, 0.2) is 35.1 Å². The summed E-state index contributed by atoms with van der Waals surface area (Å²) in [5.74, 6) is -0.214. The lowest BCUT2D eigenvalue weighted by Crippen LogP contribution is -1.90. The van der Waals surface area contributed by atoms with E-state index in [4.69, 9.17) is 0 Å². The van der Waals surface area contributed by atoms with E-state index in [1.54, 1.807) is 12.1 Å². The summed E-state index contributed by atoms with van der Waals surface area (Å²) in [6.07, 6.45) is 1.88. The molecule has 3 aromatic rings. The highest BCUT2D eigenvalue weighted by molar-refractivity contribution is 9.10. The molecule has 1 aromatic carbocycles. The molecule has 4 heteroatoms. The average Bonchev–Trinajstić information content (AvgIpc) is 2.59. The largest absolute Gasteiger partial charge is 0.298 e. The molecule has 80 valence electrons. The Hall–Kier alpha value is -1.42. The lowest BCUT2D eigenvalue weighted by Gasteiger charge is -2.05. The predicted molar refractivity (Wildman–Crippen MR) is 65.1 cm³/mol. The van der Waals surface area contributed by atoms with Crippen LogP contribution in [0.25, 0.3) is 16.6 Å². The number of aryl methyl sites for hydroxylation is 1. The predicted octanol–water partition coefficient (Wildman–Crippen LogP) is 3.70. The summed E-state index contributed by atoms with van der Waals surface area (Å²) in [6, 6.07) is 6.75. The minimum absolute atomic E-state index is 0.214. The quantitative estimate of drug-likeness (QED) is 0.613. The number of aromatic nitrogens is 2. The van der Waals surface area contributed by atoms with E-state index in [-0.39, 0.29) is 5.82 Å². The molecule has 0 aliphatic carbocycles. The Morgan fingerprint density at radius 1 is 1.31 bits per heavy atom. The second kappa shape index (κ2) is 3.28. The molecule has 2 aromatic heterocycles. The molecule has 0 N–H and O–H groups in total. The van der Waals surface area contributed by atoms with Crippen LogP contribution in [0.1, 0.15) is 5.56 Å². The van der Waals surface area contributed by atoms with Crippen LogP contribution in [0.4, 0.5) is 4.39 Å². The number of imidazole rings is 1. The summed E-state index contributed by atoms with van der Waals surface area (Å²) >= 11 is 3.34. The molecule has 0 aliphatic rings. The van der Waals surface area contributed by atoms with Gasteiger partial charge in [0.05, 0.1) is 5.52 Å². The molecule has 0 atom stereocenters. The summed E-state index contributed by atoms with van der Waals surface area (Å²) in [7, 11) is 0. The molecule has 0 amide bonds. The van der Waals surface area contributed by atoms with E-state index in [0.29, 0.717) is 0 Å². The van der Waals surface area contributed by atoms with Gasteiger partial charge in [-0.25, -0.2) is 9.37 Å². The third-order valence-electron chi connectivity index (χ3n) is 2.69. The molecule has 0 saturated carbocycles. The van der Waals surface area contributed by atoms with Crippen molar-refractivity contribution < 1.29 is 4.39 Å². The topological polar surface area (TPSA) is 17.3 Å². The highest BCUT2D eigenvalue weighted by Crippen LogP contribution is 2.23. The Morgan fingerprint density at radius 2 is 2.12 bits per heavy atom. The maximum atomic E-state index is 13.2. The smallest absolute Gasteiger partial charge is 0.138 e. The van der Waals surface area contributed by atoms with Crippen LogP contribution in [0.5, 0.6) is 0 Å². The van der Waals surface area contributed by atoms with E-state index in [2.05, 4.69) is 20.9 Å². The maximum absolute atomic E-state index is 13.2. The zero-order valence-corrected chi connectivity index (χ0v) is 10.1. The zero-order valence-electron chi connectivity index (χ0n) is 8.54. The Morgan fingerprint density at radius 3 is 2.94 bits per heavy atom. The van der Waals surface area contributed by atoms with Crippen LogP contribution in [0.3, 0.4) is 0 Å². The Kier molecular flexibility index (Phi) is 2.01. The van der Waals surface area contributed by atoms with Gasteiger partial charge in [-0.2, -0.15) is 0 Å². The van der Waals surface area contributed by atoms with Gasteiger partial charge in [0.1, 0.15) is 16.1 Å². The third kappa shape index (κ3) is 1.33. The van der Waals surface area contributed by atoms with Crippen molar-refractivity contribution in [1.82, 2.24) is 9.38 Å². The van der Waals surface area contributed by atoms with Crippen molar-refractivity contribution >= 4 is 32.5 Å². The summed E-state index contributed by atoms with van der Waals surface area (Å²) in [5.41, 5.74) is 2.86. The SMILES string of the molecule is Cc1cc2nc(Br)cn2c2ccc(F)cc12. The summed E-state index contributed by atoms with van der Waals surface area (Å²) in [6.45, 7) is 1.96. The number of halogens is 2. The number of pyridine rings is 1. The fourth-order valence-electron chi connectivity index (χ4n) is 1.97. The van der Waals surface area contributed by atoms with Crippen molar-refractivity contribution in [3.05, 3.63) is 46.4 Å². The Bertz CT molecular complexity index is 703. The second-order valence-electron chi connectivity index (χ2n) is 3.78. The first-order valence-corrected chi connectivity index (χ1v) is 5.68. The van der Waals surface area contributed by atoms with Crippen LogP contribution in [0.2, 0.25) is 0 Å². The number of fused-ring (bicyclic) bond motifs is 3. The van der Waals surface area contributed by atoms with Crippen LogP contribution in [0, 0.1) is 12.7 Å². The van der Waals surface area contributed by atoms with Gasteiger partial charge < -0.3 is 0 Å². The molecule has 16 heavy (non-hydrogen) atoms. The summed E-state index contributed by atoms with van der Waals surface area (Å²) in [5, 5.41) is 0.914. The van der Waals surface area contributed by atoms with Crippen LogP contribution in [-0.4, -0.2) is 9.38 Å². The number of benzene rings is 1. The van der Waals surface area contributed by atoms with Crippen LogP contribution < -0.4 is 0 Å². The number of hydrogen-bond acceptors (Lipinski definition) is 1. The number of rotatable bonds is 0. The van der Waals surface area contributed by atoms with Gasteiger partial charge in [0, 0.05) is 11.6 Å². The minimum Gasteiger partial charge on any atom is -0.298 e. The monoisotopic (exact) mass is 278 g/mol. The second-order valence-corrected chi connectivity index (χ2v) is 4.59. The van der Waals surface area contributed by atoms with E-state index in [0.717, 1.165) is 26.7 Å². The lowest BCUT2D eigenvalue weighted by atomic mass is 10.1. The molecular weight excluding hydrogens is 271 g/mol. The van der Waals surface area contributed by atoms with Gasteiger partial charge >= 0.3 is 0 Å². The van der Waals surface area contributed by atoms with Crippen molar-refractivity contribution in [2.75, 3.05) is 0 Å². The van der Waals surface area contributed by atoms with Gasteiger partial charge in [0.15, 0.2) is 0 Å². The van der Waals surface area contributed by atoms with E-state index < -0.39 is 0 Å².